The maximum absolute atomic E-state index is 11.7. The molecule has 0 N–H and O–H groups in total. The Morgan fingerprint density at radius 3 is 2.79 bits per heavy atom. The van der Waals surface area contributed by atoms with Gasteiger partial charge in [0.2, 0.25) is 0 Å². The Hall–Kier alpha value is -2.05. The topological polar surface area (TPSA) is 59.7 Å². The lowest BCUT2D eigenvalue weighted by Gasteiger charge is -2.18. The first-order valence-corrected chi connectivity index (χ1v) is 6.18. The lowest BCUT2D eigenvalue weighted by Crippen LogP contribution is -2.22. The monoisotopic (exact) mass is 256 g/mol. The SMILES string of the molecule is [B]c1cc2nc(C(=O)OC)cc(N3CCCC3)n2n1. The van der Waals surface area contributed by atoms with Crippen LogP contribution in [0.4, 0.5) is 5.82 Å². The van der Waals surface area contributed by atoms with Crippen molar-refractivity contribution in [1.82, 2.24) is 14.6 Å². The molecule has 0 saturated carbocycles. The molecular formula is C12H13BN4O2. The van der Waals surface area contributed by atoms with Crippen molar-refractivity contribution in [3.05, 3.63) is 17.8 Å². The van der Waals surface area contributed by atoms with Crippen LogP contribution in [0.15, 0.2) is 12.1 Å². The predicted molar refractivity (Wildman–Crippen MR) is 71.2 cm³/mol. The predicted octanol–water partition coefficient (Wildman–Crippen LogP) is -0.0901. The molecule has 7 heteroatoms. The van der Waals surface area contributed by atoms with Crippen molar-refractivity contribution in [2.45, 2.75) is 12.8 Å². The molecule has 1 aliphatic heterocycles. The second-order valence-electron chi connectivity index (χ2n) is 4.52. The normalized spacial score (nSPS) is 15.1. The van der Waals surface area contributed by atoms with Gasteiger partial charge in [0.05, 0.1) is 7.11 Å². The molecule has 96 valence electrons. The Balaban J connectivity index is 2.18. The van der Waals surface area contributed by atoms with Crippen LogP contribution in [0.5, 0.6) is 0 Å². The number of ether oxygens (including phenoxy) is 1. The van der Waals surface area contributed by atoms with Gasteiger partial charge in [0, 0.05) is 24.7 Å². The summed E-state index contributed by atoms with van der Waals surface area (Å²) in [5, 5.41) is 4.22. The van der Waals surface area contributed by atoms with E-state index in [1.807, 2.05) is 0 Å². The highest BCUT2D eigenvalue weighted by molar-refractivity contribution is 6.31. The van der Waals surface area contributed by atoms with Gasteiger partial charge in [0.1, 0.15) is 13.7 Å². The van der Waals surface area contributed by atoms with E-state index in [9.17, 15) is 4.79 Å². The van der Waals surface area contributed by atoms with Crippen LogP contribution in [-0.2, 0) is 4.74 Å². The maximum Gasteiger partial charge on any atom is 0.356 e. The molecule has 0 aliphatic carbocycles. The molecule has 0 bridgehead atoms. The van der Waals surface area contributed by atoms with Gasteiger partial charge in [-0.2, -0.15) is 9.61 Å². The van der Waals surface area contributed by atoms with Gasteiger partial charge in [-0.25, -0.2) is 9.78 Å². The fourth-order valence-electron chi connectivity index (χ4n) is 2.36. The molecule has 0 unspecified atom stereocenters. The van der Waals surface area contributed by atoms with Crippen molar-refractivity contribution >= 4 is 30.9 Å². The van der Waals surface area contributed by atoms with Crippen LogP contribution >= 0.6 is 0 Å². The van der Waals surface area contributed by atoms with Crippen LogP contribution in [0.25, 0.3) is 5.65 Å². The van der Waals surface area contributed by atoms with Gasteiger partial charge >= 0.3 is 5.97 Å². The van der Waals surface area contributed by atoms with Crippen molar-refractivity contribution in [2.75, 3.05) is 25.1 Å². The van der Waals surface area contributed by atoms with Crippen molar-refractivity contribution in [3.8, 4) is 0 Å². The molecule has 0 amide bonds. The van der Waals surface area contributed by atoms with E-state index >= 15 is 0 Å². The molecule has 19 heavy (non-hydrogen) atoms. The molecule has 1 saturated heterocycles. The third kappa shape index (κ3) is 2.05. The van der Waals surface area contributed by atoms with Crippen molar-refractivity contribution in [3.63, 3.8) is 0 Å². The summed E-state index contributed by atoms with van der Waals surface area (Å²) in [6, 6.07) is 3.35. The highest BCUT2D eigenvalue weighted by Crippen LogP contribution is 2.21. The van der Waals surface area contributed by atoms with Gasteiger partial charge in [-0.15, -0.1) is 0 Å². The van der Waals surface area contributed by atoms with Crippen LogP contribution in [0, 0.1) is 0 Å². The summed E-state index contributed by atoms with van der Waals surface area (Å²) in [5.41, 5.74) is 1.22. The smallest absolute Gasteiger partial charge is 0.356 e. The van der Waals surface area contributed by atoms with Gasteiger partial charge in [0.25, 0.3) is 0 Å². The molecular weight excluding hydrogens is 243 g/mol. The second kappa shape index (κ2) is 4.57. The fraction of sp³-hybridized carbons (Fsp3) is 0.417. The van der Waals surface area contributed by atoms with Gasteiger partial charge in [0.15, 0.2) is 11.3 Å². The quantitative estimate of drug-likeness (QED) is 0.555. The first kappa shape index (κ1) is 12.0. The van der Waals surface area contributed by atoms with E-state index in [1.54, 1.807) is 16.6 Å². The molecule has 3 rings (SSSR count). The second-order valence-corrected chi connectivity index (χ2v) is 4.52. The van der Waals surface area contributed by atoms with Crippen molar-refractivity contribution in [1.29, 1.82) is 0 Å². The molecule has 6 nitrogen and oxygen atoms in total. The van der Waals surface area contributed by atoms with Crippen LogP contribution in [0.3, 0.4) is 0 Å². The summed E-state index contributed by atoms with van der Waals surface area (Å²) >= 11 is 0. The van der Waals surface area contributed by atoms with Gasteiger partial charge in [-0.1, -0.05) is 0 Å². The third-order valence-electron chi connectivity index (χ3n) is 3.25. The largest absolute Gasteiger partial charge is 0.464 e. The van der Waals surface area contributed by atoms with Gasteiger partial charge < -0.3 is 9.64 Å². The molecule has 1 aliphatic rings. The molecule has 2 aromatic rings. The van der Waals surface area contributed by atoms with Gasteiger partial charge in [-0.05, 0) is 18.9 Å². The summed E-state index contributed by atoms with van der Waals surface area (Å²) in [5.74, 6) is 0.377. The standard InChI is InChI=1S/C12H13BN4O2/c1-19-12(18)8-6-11(16-4-2-3-5-16)17-10(14-8)7-9(13)15-17/h6-7H,2-5H2,1H3. The Morgan fingerprint density at radius 2 is 2.11 bits per heavy atom. The Morgan fingerprint density at radius 1 is 1.37 bits per heavy atom. The average molecular weight is 256 g/mol. The number of methoxy groups -OCH3 is 1. The van der Waals surface area contributed by atoms with Crippen LogP contribution in [-0.4, -0.2) is 48.6 Å². The number of hydrogen-bond acceptors (Lipinski definition) is 5. The van der Waals surface area contributed by atoms with E-state index in [2.05, 4.69) is 15.0 Å². The number of nitrogens with zero attached hydrogens (tertiary/aromatic N) is 4. The number of esters is 1. The summed E-state index contributed by atoms with van der Waals surface area (Å²) in [4.78, 5) is 18.1. The van der Waals surface area contributed by atoms with Crippen LogP contribution < -0.4 is 10.5 Å². The number of carbonyl (C=O) groups is 1. The Labute approximate surface area is 111 Å². The lowest BCUT2D eigenvalue weighted by atomic mass is 10.1. The third-order valence-corrected chi connectivity index (χ3v) is 3.25. The zero-order valence-electron chi connectivity index (χ0n) is 10.7. The Bertz CT molecular complexity index is 634. The lowest BCUT2D eigenvalue weighted by molar-refractivity contribution is 0.0594. The van der Waals surface area contributed by atoms with E-state index in [-0.39, 0.29) is 5.69 Å². The van der Waals surface area contributed by atoms with Crippen molar-refractivity contribution < 1.29 is 9.53 Å². The number of hydrogen-bond donors (Lipinski definition) is 0. The highest BCUT2D eigenvalue weighted by Gasteiger charge is 2.20. The number of carbonyl (C=O) groups excluding carboxylic acids is 1. The number of anilines is 1. The fourth-order valence-corrected chi connectivity index (χ4v) is 2.36. The minimum Gasteiger partial charge on any atom is -0.464 e. The highest BCUT2D eigenvalue weighted by atomic mass is 16.5. The van der Waals surface area contributed by atoms with Crippen LogP contribution in [0.2, 0.25) is 0 Å². The molecule has 0 spiro atoms. The Kier molecular flexibility index (Phi) is 2.89. The maximum atomic E-state index is 11.7. The first-order chi connectivity index (χ1) is 9.19. The molecule has 1 fully saturated rings. The first-order valence-electron chi connectivity index (χ1n) is 6.18. The molecule has 3 heterocycles. The number of aromatic nitrogens is 3. The zero-order chi connectivity index (χ0) is 13.4. The molecule has 0 aromatic carbocycles. The molecule has 2 aromatic heterocycles. The number of rotatable bonds is 2. The van der Waals surface area contributed by atoms with E-state index < -0.39 is 5.97 Å². The summed E-state index contributed by atoms with van der Waals surface area (Å²) in [7, 11) is 7.05. The van der Waals surface area contributed by atoms with E-state index in [0.29, 0.717) is 11.2 Å². The van der Waals surface area contributed by atoms with Crippen LogP contribution in [0.1, 0.15) is 23.3 Å². The van der Waals surface area contributed by atoms with E-state index in [4.69, 9.17) is 12.6 Å². The molecule has 2 radical (unpaired) electrons. The minimum atomic E-state index is -0.456. The average Bonchev–Trinajstić information content (AvgIpc) is 3.04. The van der Waals surface area contributed by atoms with Gasteiger partial charge in [-0.3, -0.25) is 0 Å². The minimum absolute atomic E-state index is 0.275. The number of fused-ring (bicyclic) bond motifs is 1. The molecule has 0 atom stereocenters. The summed E-state index contributed by atoms with van der Waals surface area (Å²) < 4.78 is 6.40. The zero-order valence-corrected chi connectivity index (χ0v) is 10.7. The van der Waals surface area contributed by atoms with Crippen molar-refractivity contribution in [2.24, 2.45) is 0 Å². The summed E-state index contributed by atoms with van der Waals surface area (Å²) in [6.07, 6.45) is 2.27. The summed E-state index contributed by atoms with van der Waals surface area (Å²) in [6.45, 7) is 1.89. The van der Waals surface area contributed by atoms with E-state index in [0.717, 1.165) is 31.7 Å². The van der Waals surface area contributed by atoms with E-state index in [1.165, 1.54) is 7.11 Å².